The van der Waals surface area contributed by atoms with Crippen molar-refractivity contribution in [2.24, 2.45) is 0 Å². The van der Waals surface area contributed by atoms with Crippen molar-refractivity contribution in [3.05, 3.63) is 88.5 Å². The van der Waals surface area contributed by atoms with Crippen LogP contribution in [-0.2, 0) is 9.59 Å². The van der Waals surface area contributed by atoms with E-state index in [4.69, 9.17) is 25.8 Å². The van der Waals surface area contributed by atoms with Gasteiger partial charge in [0.2, 0.25) is 0 Å². The third-order valence-electron chi connectivity index (χ3n) is 5.77. The molecule has 186 valence electrons. The Labute approximate surface area is 214 Å². The number of methoxy groups -OCH3 is 2. The number of hydrogen-bond acceptors (Lipinski definition) is 6. The van der Waals surface area contributed by atoms with Gasteiger partial charge in [-0.05, 0) is 61.9 Å². The molecule has 1 unspecified atom stereocenters. The van der Waals surface area contributed by atoms with E-state index >= 15 is 0 Å². The number of carbonyl (C=O) groups excluding carboxylic acids is 2. The van der Waals surface area contributed by atoms with E-state index in [1.807, 2.05) is 13.8 Å². The quantitative estimate of drug-likeness (QED) is 0.248. The van der Waals surface area contributed by atoms with Gasteiger partial charge in [0.1, 0.15) is 23.0 Å². The maximum atomic E-state index is 13.4. The molecule has 4 rings (SSSR count). The monoisotopic (exact) mass is 507 g/mol. The molecule has 1 amide bonds. The number of hydrogen-bond donors (Lipinski definition) is 1. The molecule has 1 aliphatic heterocycles. The number of Topliss-reactive ketones (excluding diaryl/α,β-unsaturated/α-hetero) is 1. The molecule has 1 atom stereocenters. The number of aliphatic hydroxyl groups is 1. The summed E-state index contributed by atoms with van der Waals surface area (Å²) in [7, 11) is 3.00. The summed E-state index contributed by atoms with van der Waals surface area (Å²) in [5.74, 6) is -0.407. The molecule has 0 radical (unpaired) electrons. The van der Waals surface area contributed by atoms with Gasteiger partial charge in [0, 0.05) is 17.3 Å². The number of benzene rings is 3. The standard InChI is InChI=1S/C28H26ClNO6/c1-16(2)36-19-10-8-17(9-11-19)25-24(26(31)22-15-21(35-4)12-13-23(22)29)27(32)28(33)30(25)18-6-5-7-20(14-18)34-3/h5-16,25,31H,1-4H3/b26-24+. The van der Waals surface area contributed by atoms with Crippen LogP contribution in [0.15, 0.2) is 72.3 Å². The lowest BCUT2D eigenvalue weighted by Crippen LogP contribution is -2.29. The van der Waals surface area contributed by atoms with Gasteiger partial charge < -0.3 is 19.3 Å². The summed E-state index contributed by atoms with van der Waals surface area (Å²) >= 11 is 6.37. The first-order valence-electron chi connectivity index (χ1n) is 11.3. The molecular weight excluding hydrogens is 482 g/mol. The number of ether oxygens (including phenoxy) is 3. The third-order valence-corrected chi connectivity index (χ3v) is 6.10. The Kier molecular flexibility index (Phi) is 7.22. The second-order valence-electron chi connectivity index (χ2n) is 8.45. The van der Waals surface area contributed by atoms with E-state index in [9.17, 15) is 14.7 Å². The van der Waals surface area contributed by atoms with Crippen LogP contribution >= 0.6 is 11.6 Å². The molecule has 3 aromatic carbocycles. The van der Waals surface area contributed by atoms with Crippen molar-refractivity contribution in [1.82, 2.24) is 0 Å². The lowest BCUT2D eigenvalue weighted by atomic mass is 9.95. The van der Waals surface area contributed by atoms with Crippen LogP contribution in [0, 0.1) is 0 Å². The second-order valence-corrected chi connectivity index (χ2v) is 8.86. The van der Waals surface area contributed by atoms with Gasteiger partial charge in [-0.1, -0.05) is 29.8 Å². The average Bonchev–Trinajstić information content (AvgIpc) is 3.14. The van der Waals surface area contributed by atoms with Crippen molar-refractivity contribution in [3.63, 3.8) is 0 Å². The summed E-state index contributed by atoms with van der Waals surface area (Å²) in [6.45, 7) is 3.84. The summed E-state index contributed by atoms with van der Waals surface area (Å²) in [4.78, 5) is 28.1. The highest BCUT2D eigenvalue weighted by atomic mass is 35.5. The van der Waals surface area contributed by atoms with Crippen molar-refractivity contribution in [1.29, 1.82) is 0 Å². The van der Waals surface area contributed by atoms with Gasteiger partial charge in [0.15, 0.2) is 0 Å². The molecule has 8 heteroatoms. The Balaban J connectivity index is 1.93. The van der Waals surface area contributed by atoms with Gasteiger partial charge in [-0.15, -0.1) is 0 Å². The van der Waals surface area contributed by atoms with Crippen LogP contribution in [-0.4, -0.2) is 37.1 Å². The molecule has 0 aromatic heterocycles. The topological polar surface area (TPSA) is 85.3 Å². The molecule has 36 heavy (non-hydrogen) atoms. The largest absolute Gasteiger partial charge is 0.507 e. The molecule has 1 fully saturated rings. The average molecular weight is 508 g/mol. The molecule has 0 saturated carbocycles. The number of carbonyl (C=O) groups is 2. The predicted molar refractivity (Wildman–Crippen MR) is 138 cm³/mol. The highest BCUT2D eigenvalue weighted by Gasteiger charge is 2.47. The van der Waals surface area contributed by atoms with Gasteiger partial charge in [-0.25, -0.2) is 0 Å². The molecule has 1 N–H and O–H groups in total. The van der Waals surface area contributed by atoms with E-state index in [-0.39, 0.29) is 22.3 Å². The molecule has 0 aliphatic carbocycles. The maximum absolute atomic E-state index is 13.4. The molecule has 0 spiro atoms. The number of aliphatic hydroxyl groups excluding tert-OH is 1. The smallest absolute Gasteiger partial charge is 0.300 e. The van der Waals surface area contributed by atoms with Crippen LogP contribution in [0.3, 0.4) is 0 Å². The summed E-state index contributed by atoms with van der Waals surface area (Å²) in [6, 6.07) is 17.7. The predicted octanol–water partition coefficient (Wildman–Crippen LogP) is 5.77. The summed E-state index contributed by atoms with van der Waals surface area (Å²) in [5.41, 5.74) is 1.15. The zero-order chi connectivity index (χ0) is 26.0. The van der Waals surface area contributed by atoms with E-state index in [0.717, 1.165) is 0 Å². The third kappa shape index (κ3) is 4.75. The molecular formula is C28H26ClNO6. The van der Waals surface area contributed by atoms with Crippen molar-refractivity contribution < 1.29 is 28.9 Å². The van der Waals surface area contributed by atoms with Gasteiger partial charge >= 0.3 is 0 Å². The SMILES string of the molecule is COc1cccc(N2C(=O)C(=O)/C(=C(/O)c3cc(OC)ccc3Cl)C2c2ccc(OC(C)C)cc2)c1. The van der Waals surface area contributed by atoms with Crippen LogP contribution in [0.25, 0.3) is 5.76 Å². The van der Waals surface area contributed by atoms with Gasteiger partial charge in [-0.3, -0.25) is 14.5 Å². The van der Waals surface area contributed by atoms with Gasteiger partial charge in [-0.2, -0.15) is 0 Å². The van der Waals surface area contributed by atoms with E-state index in [1.165, 1.54) is 25.2 Å². The number of ketones is 1. The van der Waals surface area contributed by atoms with Crippen LogP contribution in [0.5, 0.6) is 17.2 Å². The zero-order valence-corrected chi connectivity index (χ0v) is 21.1. The summed E-state index contributed by atoms with van der Waals surface area (Å²) in [5, 5.41) is 11.6. The van der Waals surface area contributed by atoms with Crippen LogP contribution in [0.4, 0.5) is 5.69 Å². The molecule has 1 heterocycles. The molecule has 1 saturated heterocycles. The number of amides is 1. The highest BCUT2D eigenvalue weighted by Crippen LogP contribution is 2.44. The number of halogens is 1. The van der Waals surface area contributed by atoms with E-state index in [1.54, 1.807) is 60.7 Å². The van der Waals surface area contributed by atoms with Crippen molar-refractivity contribution >= 4 is 34.7 Å². The fourth-order valence-corrected chi connectivity index (χ4v) is 4.34. The Morgan fingerprint density at radius 1 is 0.917 bits per heavy atom. The Hall–Kier alpha value is -3.97. The van der Waals surface area contributed by atoms with E-state index in [0.29, 0.717) is 28.5 Å². The Morgan fingerprint density at radius 3 is 2.19 bits per heavy atom. The van der Waals surface area contributed by atoms with Gasteiger partial charge in [0.05, 0.1) is 37.0 Å². The second kappa shape index (κ2) is 10.3. The first-order valence-corrected chi connectivity index (χ1v) is 11.7. The Bertz CT molecular complexity index is 1330. The highest BCUT2D eigenvalue weighted by molar-refractivity contribution is 6.52. The zero-order valence-electron chi connectivity index (χ0n) is 20.3. The van der Waals surface area contributed by atoms with Crippen molar-refractivity contribution in [2.75, 3.05) is 19.1 Å². The van der Waals surface area contributed by atoms with E-state index < -0.39 is 23.5 Å². The minimum atomic E-state index is -0.924. The number of nitrogens with zero attached hydrogens (tertiary/aromatic N) is 1. The number of anilines is 1. The van der Waals surface area contributed by atoms with Crippen molar-refractivity contribution in [2.45, 2.75) is 26.0 Å². The molecule has 3 aromatic rings. The lowest BCUT2D eigenvalue weighted by molar-refractivity contribution is -0.132. The fraction of sp³-hybridized carbons (Fsp3) is 0.214. The van der Waals surface area contributed by atoms with Gasteiger partial charge in [0.25, 0.3) is 11.7 Å². The minimum Gasteiger partial charge on any atom is -0.507 e. The maximum Gasteiger partial charge on any atom is 0.300 e. The number of rotatable bonds is 7. The van der Waals surface area contributed by atoms with Crippen LogP contribution in [0.2, 0.25) is 5.02 Å². The minimum absolute atomic E-state index is 0.0199. The fourth-order valence-electron chi connectivity index (χ4n) is 4.13. The van der Waals surface area contributed by atoms with Crippen LogP contribution in [0.1, 0.15) is 31.0 Å². The first kappa shape index (κ1) is 25.1. The molecule has 7 nitrogen and oxygen atoms in total. The summed E-state index contributed by atoms with van der Waals surface area (Å²) in [6.07, 6.45) is -0.0199. The Morgan fingerprint density at radius 2 is 1.56 bits per heavy atom. The normalized spacial score (nSPS) is 16.9. The first-order chi connectivity index (χ1) is 17.2. The lowest BCUT2D eigenvalue weighted by Gasteiger charge is -2.26. The summed E-state index contributed by atoms with van der Waals surface area (Å²) < 4.78 is 16.3. The molecule has 0 bridgehead atoms. The van der Waals surface area contributed by atoms with Crippen LogP contribution < -0.4 is 19.1 Å². The van der Waals surface area contributed by atoms with E-state index in [2.05, 4.69) is 0 Å². The molecule has 1 aliphatic rings. The van der Waals surface area contributed by atoms with Crippen molar-refractivity contribution in [3.8, 4) is 17.2 Å².